The minimum atomic E-state index is -0.0707. The Balaban J connectivity index is 1.24. The molecule has 44 heavy (non-hydrogen) atoms. The summed E-state index contributed by atoms with van der Waals surface area (Å²) in [4.78, 5) is 36.0. The maximum atomic E-state index is 12.7. The molecule has 0 saturated carbocycles. The highest BCUT2D eigenvalue weighted by Gasteiger charge is 2.13. The molecule has 0 spiro atoms. The highest BCUT2D eigenvalue weighted by Crippen LogP contribution is 2.24. The van der Waals surface area contributed by atoms with E-state index in [1.807, 2.05) is 0 Å². The number of rotatable bonds is 15. The maximum Gasteiger partial charge on any atom is 0.248 e. The van der Waals surface area contributed by atoms with Crippen molar-refractivity contribution in [3.8, 4) is 0 Å². The number of carbonyl (C=O) groups excluding carboxylic acids is 2. The van der Waals surface area contributed by atoms with Crippen LogP contribution in [0.15, 0.2) is 34.3 Å². The number of hydrogen-bond acceptors (Lipinski definition) is 6. The molecule has 0 aliphatic carbocycles. The van der Waals surface area contributed by atoms with Gasteiger partial charge in [0.2, 0.25) is 11.8 Å². The monoisotopic (exact) mass is 638 g/mol. The number of aromatic nitrogens is 2. The lowest BCUT2D eigenvalue weighted by molar-refractivity contribution is -0.119. The molecule has 10 heteroatoms. The summed E-state index contributed by atoms with van der Waals surface area (Å²) in [5, 5.41) is 0. The lowest BCUT2D eigenvalue weighted by Gasteiger charge is -2.07. The molecule has 0 atom stereocenters. The summed E-state index contributed by atoms with van der Waals surface area (Å²) in [5.41, 5.74) is 7.06. The number of hydrogen-bond donors (Lipinski definition) is 0. The van der Waals surface area contributed by atoms with Crippen LogP contribution in [0, 0.1) is 27.7 Å². The van der Waals surface area contributed by atoms with Gasteiger partial charge < -0.3 is 18.6 Å². The lowest BCUT2D eigenvalue weighted by Crippen LogP contribution is -2.19. The Morgan fingerprint density at radius 3 is 1.41 bits per heavy atom. The SMILES string of the molecule is COCCn1c(=NC(=O)CCCCCCCCC(=O)N=c2sc3cc(C)cc(C)c3n2CCOC)sc2cc(C)cc(C)c21. The summed E-state index contributed by atoms with van der Waals surface area (Å²) in [5.74, 6) is -0.141. The van der Waals surface area contributed by atoms with Crippen LogP contribution in [-0.2, 0) is 32.2 Å². The van der Waals surface area contributed by atoms with Gasteiger partial charge in [0.15, 0.2) is 9.60 Å². The molecule has 2 amide bonds. The smallest absolute Gasteiger partial charge is 0.248 e. The Morgan fingerprint density at radius 1 is 0.636 bits per heavy atom. The molecule has 2 heterocycles. The van der Waals surface area contributed by atoms with E-state index in [0.717, 1.165) is 68.6 Å². The summed E-state index contributed by atoms with van der Waals surface area (Å²) in [7, 11) is 3.38. The van der Waals surface area contributed by atoms with Gasteiger partial charge in [0.1, 0.15) is 0 Å². The Hall–Kier alpha value is -2.92. The first-order chi connectivity index (χ1) is 21.2. The topological polar surface area (TPSA) is 87.2 Å². The van der Waals surface area contributed by atoms with Crippen molar-refractivity contribution in [1.82, 2.24) is 9.13 Å². The predicted octanol–water partition coefficient (Wildman–Crippen LogP) is 6.92. The fourth-order valence-electron chi connectivity index (χ4n) is 5.72. The van der Waals surface area contributed by atoms with E-state index in [2.05, 4.69) is 71.1 Å². The van der Waals surface area contributed by atoms with Crippen molar-refractivity contribution < 1.29 is 19.1 Å². The molecule has 8 nitrogen and oxygen atoms in total. The van der Waals surface area contributed by atoms with Crippen molar-refractivity contribution in [3.63, 3.8) is 0 Å². The normalized spacial score (nSPS) is 12.7. The Bertz CT molecular complexity index is 1610. The molecule has 0 saturated heterocycles. The standard InChI is InChI=1S/C34H46N4O4S2/c1-23-19-25(3)31-27(21-23)43-33(37(31)15-17-41-5)35-29(39)13-11-9-7-8-10-12-14-30(40)36-34-38(16-18-42-6)32-26(4)20-24(2)22-28(32)44-34/h19-22H,7-18H2,1-6H3. The van der Waals surface area contributed by atoms with Gasteiger partial charge in [0.25, 0.3) is 0 Å². The third-order valence-corrected chi connectivity index (χ3v) is 9.78. The molecular formula is C34H46N4O4S2. The fourth-order valence-corrected chi connectivity index (χ4v) is 8.22. The van der Waals surface area contributed by atoms with Crippen molar-refractivity contribution in [2.24, 2.45) is 9.98 Å². The second-order valence-electron chi connectivity index (χ2n) is 11.5. The van der Waals surface area contributed by atoms with Crippen LogP contribution >= 0.6 is 22.7 Å². The average molecular weight is 639 g/mol. The van der Waals surface area contributed by atoms with Gasteiger partial charge in [0, 0.05) is 40.2 Å². The number of methoxy groups -OCH3 is 2. The fraction of sp³-hybridized carbons (Fsp3) is 0.529. The van der Waals surface area contributed by atoms with Crippen LogP contribution in [-0.4, -0.2) is 48.4 Å². The van der Waals surface area contributed by atoms with Crippen LogP contribution < -0.4 is 9.60 Å². The Labute approximate surface area is 268 Å². The maximum absolute atomic E-state index is 12.7. The van der Waals surface area contributed by atoms with Crippen LogP contribution in [0.5, 0.6) is 0 Å². The summed E-state index contributed by atoms with van der Waals surface area (Å²) in [6, 6.07) is 8.65. The second-order valence-corrected chi connectivity index (χ2v) is 13.6. The van der Waals surface area contributed by atoms with Gasteiger partial charge >= 0.3 is 0 Å². The first-order valence-electron chi connectivity index (χ1n) is 15.6. The van der Waals surface area contributed by atoms with Crippen LogP contribution in [0.2, 0.25) is 0 Å². The van der Waals surface area contributed by atoms with Gasteiger partial charge in [-0.05, 0) is 74.9 Å². The Kier molecular flexibility index (Phi) is 12.7. The molecule has 0 N–H and O–H groups in total. The zero-order chi connectivity index (χ0) is 31.6. The largest absolute Gasteiger partial charge is 0.383 e. The molecule has 0 bridgehead atoms. The van der Waals surface area contributed by atoms with E-state index >= 15 is 0 Å². The first-order valence-corrected chi connectivity index (χ1v) is 17.2. The van der Waals surface area contributed by atoms with E-state index in [9.17, 15) is 9.59 Å². The molecule has 0 aliphatic rings. The highest BCUT2D eigenvalue weighted by atomic mass is 32.1. The number of ether oxygens (including phenoxy) is 2. The first kappa shape index (κ1) is 34.0. The number of unbranched alkanes of at least 4 members (excludes halogenated alkanes) is 5. The third-order valence-electron chi connectivity index (χ3n) is 7.73. The Morgan fingerprint density at radius 2 is 1.02 bits per heavy atom. The molecule has 2 aromatic carbocycles. The quantitative estimate of drug-likeness (QED) is 0.132. The highest BCUT2D eigenvalue weighted by molar-refractivity contribution is 7.16. The lowest BCUT2D eigenvalue weighted by atomic mass is 10.1. The van der Waals surface area contributed by atoms with Gasteiger partial charge in [-0.25, -0.2) is 0 Å². The van der Waals surface area contributed by atoms with E-state index in [0.29, 0.717) is 39.1 Å². The van der Waals surface area contributed by atoms with E-state index < -0.39 is 0 Å². The summed E-state index contributed by atoms with van der Waals surface area (Å²) < 4.78 is 17.2. The number of aryl methyl sites for hydroxylation is 4. The number of nitrogens with zero attached hydrogens (tertiary/aromatic N) is 4. The number of fused-ring (bicyclic) bond motifs is 2. The van der Waals surface area contributed by atoms with Crippen molar-refractivity contribution >= 4 is 54.9 Å². The molecule has 4 rings (SSSR count). The van der Waals surface area contributed by atoms with E-state index in [1.54, 1.807) is 36.9 Å². The molecule has 238 valence electrons. The predicted molar refractivity (Wildman–Crippen MR) is 180 cm³/mol. The molecule has 0 aliphatic heterocycles. The van der Waals surface area contributed by atoms with E-state index in [4.69, 9.17) is 9.47 Å². The van der Waals surface area contributed by atoms with Crippen LogP contribution in [0.25, 0.3) is 20.4 Å². The number of benzene rings is 2. The van der Waals surface area contributed by atoms with Crippen LogP contribution in [0.3, 0.4) is 0 Å². The van der Waals surface area contributed by atoms with Crippen LogP contribution in [0.1, 0.15) is 73.6 Å². The number of amides is 2. The molecular weight excluding hydrogens is 593 g/mol. The zero-order valence-corrected chi connectivity index (χ0v) is 28.7. The molecule has 4 aromatic rings. The third kappa shape index (κ3) is 8.84. The van der Waals surface area contributed by atoms with Crippen molar-refractivity contribution in [2.75, 3.05) is 27.4 Å². The summed E-state index contributed by atoms with van der Waals surface area (Å²) in [6.45, 7) is 10.9. The molecule has 0 unspecified atom stereocenters. The number of thiazole rings is 2. The minimum absolute atomic E-state index is 0.0707. The van der Waals surface area contributed by atoms with Gasteiger partial charge in [-0.2, -0.15) is 9.98 Å². The van der Waals surface area contributed by atoms with E-state index in [-0.39, 0.29) is 11.8 Å². The average Bonchev–Trinajstić information content (AvgIpc) is 3.48. The summed E-state index contributed by atoms with van der Waals surface area (Å²) >= 11 is 3.14. The van der Waals surface area contributed by atoms with Crippen LogP contribution in [0.4, 0.5) is 0 Å². The zero-order valence-electron chi connectivity index (χ0n) is 27.0. The second kappa shape index (κ2) is 16.4. The van der Waals surface area contributed by atoms with Crippen molar-refractivity contribution in [3.05, 3.63) is 56.1 Å². The molecule has 2 aromatic heterocycles. The van der Waals surface area contributed by atoms with Gasteiger partial charge in [-0.15, -0.1) is 0 Å². The van der Waals surface area contributed by atoms with Gasteiger partial charge in [-0.3, -0.25) is 9.59 Å². The molecule has 0 fully saturated rings. The van der Waals surface area contributed by atoms with Crippen molar-refractivity contribution in [1.29, 1.82) is 0 Å². The minimum Gasteiger partial charge on any atom is -0.383 e. The summed E-state index contributed by atoms with van der Waals surface area (Å²) in [6.07, 6.45) is 6.59. The van der Waals surface area contributed by atoms with Crippen molar-refractivity contribution in [2.45, 2.75) is 92.2 Å². The van der Waals surface area contributed by atoms with Gasteiger partial charge in [-0.1, -0.05) is 60.5 Å². The molecule has 0 radical (unpaired) electrons. The van der Waals surface area contributed by atoms with Gasteiger partial charge in [0.05, 0.1) is 33.6 Å². The van der Waals surface area contributed by atoms with E-state index in [1.165, 1.54) is 22.3 Å². The number of carbonyl (C=O) groups is 2.